The van der Waals surface area contributed by atoms with Crippen molar-refractivity contribution in [2.45, 2.75) is 109 Å². The van der Waals surface area contributed by atoms with Crippen LogP contribution >= 0.6 is 0 Å². The van der Waals surface area contributed by atoms with Gasteiger partial charge in [0.15, 0.2) is 27.3 Å². The molecule has 123 heavy (non-hydrogen) atoms. The van der Waals surface area contributed by atoms with E-state index in [1.165, 1.54) is 103 Å². The number of nitrogens with zero attached hydrogens (tertiary/aromatic N) is 2. The van der Waals surface area contributed by atoms with E-state index >= 15 is 0 Å². The van der Waals surface area contributed by atoms with Crippen molar-refractivity contribution in [1.82, 2.24) is 0 Å². The third-order valence-electron chi connectivity index (χ3n) is 27.3. The average Bonchev–Trinajstić information content (AvgIpc) is 1.50. The highest BCUT2D eigenvalue weighted by Gasteiger charge is 2.54. The van der Waals surface area contributed by atoms with Crippen LogP contribution in [0.5, 0.6) is 0 Å². The molecule has 0 amide bonds. The zero-order valence-corrected chi connectivity index (χ0v) is 74.2. The van der Waals surface area contributed by atoms with Gasteiger partial charge in [0.1, 0.15) is 11.2 Å². The van der Waals surface area contributed by atoms with Gasteiger partial charge in [-0.3, -0.25) is 0 Å². The predicted octanol–water partition coefficient (Wildman–Crippen LogP) is 28.4. The molecule has 21 rings (SSSR count). The molecular weight excluding hydrogens is 1520 g/mol. The summed E-state index contributed by atoms with van der Waals surface area (Å²) in [5, 5.41) is 14.8. The minimum atomic E-state index is -2.67. The second kappa shape index (κ2) is 28.9. The molecule has 1 spiro atoms. The Hall–Kier alpha value is -13.4. The number of para-hydroxylation sites is 2. The minimum Gasteiger partial charge on any atom is -0.454 e. The van der Waals surface area contributed by atoms with Gasteiger partial charge >= 0.3 is 0 Å². The van der Waals surface area contributed by atoms with Crippen LogP contribution in [0.2, 0.25) is 10.1 Å². The van der Waals surface area contributed by atoms with E-state index in [1.54, 1.807) is 0 Å². The van der Waals surface area contributed by atoms with Gasteiger partial charge in [0.2, 0.25) is 0 Å². The number of rotatable bonds is 14. The fourth-order valence-corrected chi connectivity index (χ4v) is 33.2. The average molecular weight is 1620 g/mol. The zero-order chi connectivity index (χ0) is 84.1. The molecule has 19 aromatic rings. The second-order valence-electron chi connectivity index (χ2n) is 38.3. The SMILES string of the molecule is CC(C)(C)c1ccc(N(c2ccc3c(c2)C2(c4ccccc4-c4ccccc42)c2cc(N(c4ccc(C(C)(C)C)cc4)c4cccc5c4oc4ccc(-c6cccc([Si](c7ccccc7)(c7ccccc7)C(C)(C)C)c6)cc45)c4ccccc4c2-3)c2cccc3c2oc2ccc(-c4cccc([Si](c5ccccc5)(c5ccccc5)C(C)(C)C)c4)cc23)cc1. The third-order valence-corrected chi connectivity index (χ3v) is 39.0. The highest BCUT2D eigenvalue weighted by Crippen LogP contribution is 2.66. The first-order valence-electron chi connectivity index (χ1n) is 43.6. The molecule has 0 bridgehead atoms. The first-order chi connectivity index (χ1) is 59.5. The molecule has 6 heteroatoms. The van der Waals surface area contributed by atoms with Gasteiger partial charge < -0.3 is 18.6 Å². The Balaban J connectivity index is 0.748. The summed E-state index contributed by atoms with van der Waals surface area (Å²) < 4.78 is 14.9. The standard InChI is InChI=1S/C117H100N2O2Si2/c1-113(2,3)81-59-63-83(64-60-81)118(105-55-33-51-96-99-73-79(57-69-108(99)120-111(96)105)77-35-31-45-90(71-77)122(115(7,8)9,86-37-17-13-18-38-86)87-39-19-14-20-40-87)85-67-68-98-103(75-85)117(101-53-29-27-47-92(101)93-48-28-30-54-102(93)117)104-76-107(94-49-25-26-50-95(94)110(98)104)119(84-65-61-82(62-66-84)114(4,5)6)106-56-34-52-97-100-74-80(58-70-109(100)121-112(97)106)78-36-32-46-91(72-78)123(116(10,11)12,88-41-21-15-22-42-88)89-43-23-16-24-44-89/h13-76H,1-12H3. The summed E-state index contributed by atoms with van der Waals surface area (Å²) in [5.74, 6) is 0. The Kier molecular flexibility index (Phi) is 18.1. The Morgan fingerprint density at radius 3 is 1.04 bits per heavy atom. The number of furan rings is 2. The predicted molar refractivity (Wildman–Crippen MR) is 527 cm³/mol. The normalized spacial score (nSPS) is 13.3. The van der Waals surface area contributed by atoms with Crippen LogP contribution < -0.4 is 40.9 Å². The quantitative estimate of drug-likeness (QED) is 0.0802. The second-order valence-corrected chi connectivity index (χ2v) is 47.7. The van der Waals surface area contributed by atoms with E-state index in [0.717, 1.165) is 94.5 Å². The zero-order valence-electron chi connectivity index (χ0n) is 72.2. The van der Waals surface area contributed by atoms with Crippen molar-refractivity contribution in [3.05, 3.63) is 422 Å². The van der Waals surface area contributed by atoms with E-state index in [0.29, 0.717) is 0 Å². The van der Waals surface area contributed by atoms with E-state index in [1.807, 2.05) is 0 Å². The lowest BCUT2D eigenvalue weighted by Gasteiger charge is -2.44. The number of hydrogen-bond donors (Lipinski definition) is 0. The molecule has 598 valence electrons. The molecule has 0 radical (unpaired) electrons. The fraction of sp³-hybridized carbons (Fsp3) is 0.145. The van der Waals surface area contributed by atoms with Crippen LogP contribution in [-0.4, -0.2) is 16.1 Å². The van der Waals surface area contributed by atoms with Gasteiger partial charge in [0, 0.05) is 44.0 Å². The maximum atomic E-state index is 7.46. The summed E-state index contributed by atoms with van der Waals surface area (Å²) in [6.07, 6.45) is 0. The lowest BCUT2D eigenvalue weighted by atomic mass is 9.70. The van der Waals surface area contributed by atoms with Crippen molar-refractivity contribution >= 4 is 136 Å². The largest absolute Gasteiger partial charge is 0.454 e. The summed E-state index contributed by atoms with van der Waals surface area (Å²) in [7, 11) is -5.34. The third kappa shape index (κ3) is 12.0. The summed E-state index contributed by atoms with van der Waals surface area (Å²) in [6, 6.07) is 147. The van der Waals surface area contributed by atoms with Crippen LogP contribution in [0.1, 0.15) is 116 Å². The molecule has 4 nitrogen and oxygen atoms in total. The number of anilines is 6. The van der Waals surface area contributed by atoms with Crippen LogP contribution in [0.15, 0.2) is 397 Å². The van der Waals surface area contributed by atoms with Gasteiger partial charge in [-0.15, -0.1) is 0 Å². The lowest BCUT2D eigenvalue weighted by Crippen LogP contribution is -2.72. The van der Waals surface area contributed by atoms with Crippen molar-refractivity contribution < 1.29 is 8.83 Å². The number of fused-ring (bicyclic) bond motifs is 18. The maximum absolute atomic E-state index is 7.46. The summed E-state index contributed by atoms with van der Waals surface area (Å²) in [4.78, 5) is 4.98. The Bertz CT molecular complexity index is 7210. The van der Waals surface area contributed by atoms with Crippen LogP contribution in [0, 0.1) is 0 Å². The van der Waals surface area contributed by atoms with Gasteiger partial charge in [-0.25, -0.2) is 0 Å². The van der Waals surface area contributed by atoms with E-state index in [-0.39, 0.29) is 20.9 Å². The van der Waals surface area contributed by atoms with Crippen molar-refractivity contribution in [3.63, 3.8) is 0 Å². The van der Waals surface area contributed by atoms with Crippen molar-refractivity contribution in [2.24, 2.45) is 0 Å². The molecular formula is C117H100N2O2Si2. The number of benzene rings is 17. The Morgan fingerprint density at radius 1 is 0.236 bits per heavy atom. The molecule has 17 aromatic carbocycles. The van der Waals surface area contributed by atoms with Crippen molar-refractivity contribution in [1.29, 1.82) is 0 Å². The van der Waals surface area contributed by atoms with Gasteiger partial charge in [-0.05, 0) is 214 Å². The van der Waals surface area contributed by atoms with Crippen LogP contribution in [0.4, 0.5) is 34.1 Å². The summed E-state index contributed by atoms with van der Waals surface area (Å²) in [6.45, 7) is 28.5. The molecule has 2 aromatic heterocycles. The molecule has 0 fully saturated rings. The Labute approximate surface area is 725 Å². The smallest absolute Gasteiger partial charge is 0.159 e. The fourth-order valence-electron chi connectivity index (χ4n) is 21.8. The van der Waals surface area contributed by atoms with E-state index < -0.39 is 21.6 Å². The van der Waals surface area contributed by atoms with E-state index in [9.17, 15) is 0 Å². The van der Waals surface area contributed by atoms with Gasteiger partial charge in [-0.2, -0.15) is 0 Å². The van der Waals surface area contributed by atoms with Crippen LogP contribution in [0.25, 0.3) is 99.2 Å². The lowest BCUT2D eigenvalue weighted by molar-refractivity contribution is 0.590. The topological polar surface area (TPSA) is 32.8 Å². The Morgan fingerprint density at radius 2 is 0.602 bits per heavy atom. The molecule has 0 unspecified atom stereocenters. The van der Waals surface area contributed by atoms with Gasteiger partial charge in [-0.1, -0.05) is 392 Å². The molecule has 0 N–H and O–H groups in total. The molecule has 2 aliphatic rings. The maximum Gasteiger partial charge on any atom is 0.159 e. The van der Waals surface area contributed by atoms with Gasteiger partial charge in [0.05, 0.1) is 22.5 Å². The molecule has 0 aliphatic heterocycles. The first kappa shape index (κ1) is 77.0. The van der Waals surface area contributed by atoms with Gasteiger partial charge in [0.25, 0.3) is 0 Å². The molecule has 0 saturated carbocycles. The monoisotopic (exact) mass is 1620 g/mol. The molecule has 0 saturated heterocycles. The molecule has 2 aliphatic carbocycles. The first-order valence-corrected chi connectivity index (χ1v) is 47.6. The van der Waals surface area contributed by atoms with Crippen LogP contribution in [-0.2, 0) is 16.2 Å². The van der Waals surface area contributed by atoms with Crippen LogP contribution in [0.3, 0.4) is 0 Å². The minimum absolute atomic E-state index is 0.0722. The molecule has 2 heterocycles. The van der Waals surface area contributed by atoms with Crippen molar-refractivity contribution in [2.75, 3.05) is 9.80 Å². The molecule has 0 atom stereocenters. The summed E-state index contributed by atoms with van der Waals surface area (Å²) >= 11 is 0. The highest BCUT2D eigenvalue weighted by atomic mass is 28.3. The van der Waals surface area contributed by atoms with E-state index in [4.69, 9.17) is 8.83 Å². The number of hydrogen-bond acceptors (Lipinski definition) is 4. The van der Waals surface area contributed by atoms with Crippen molar-refractivity contribution in [3.8, 4) is 44.5 Å². The highest BCUT2D eigenvalue weighted by molar-refractivity contribution is 7.14. The summed E-state index contributed by atoms with van der Waals surface area (Å²) in [5.41, 5.74) is 25.5. The van der Waals surface area contributed by atoms with E-state index in [2.05, 4.69) is 481 Å².